The third kappa shape index (κ3) is 2.17. The second kappa shape index (κ2) is 5.38. The summed E-state index contributed by atoms with van der Waals surface area (Å²) >= 11 is 0. The smallest absolute Gasteiger partial charge is 0.139 e. The summed E-state index contributed by atoms with van der Waals surface area (Å²) in [7, 11) is 0. The van der Waals surface area contributed by atoms with E-state index in [1.54, 1.807) is 6.07 Å². The van der Waals surface area contributed by atoms with Gasteiger partial charge >= 0.3 is 0 Å². The maximum atomic E-state index is 10.5. The molecule has 2 N–H and O–H groups in total. The molecule has 0 amide bonds. The Hall–Kier alpha value is -2.74. The van der Waals surface area contributed by atoms with Gasteiger partial charge in [-0.2, -0.15) is 0 Å². The number of allylic oxidation sites excluding steroid dienone is 2. The Morgan fingerprint density at radius 1 is 1.00 bits per heavy atom. The second-order valence-corrected chi connectivity index (χ2v) is 7.27. The molecule has 0 bridgehead atoms. The van der Waals surface area contributed by atoms with Gasteiger partial charge < -0.3 is 10.4 Å². The van der Waals surface area contributed by atoms with Gasteiger partial charge in [-0.1, -0.05) is 54.6 Å². The molecule has 2 nitrogen and oxygen atoms in total. The fourth-order valence-electron chi connectivity index (χ4n) is 4.61. The SMILES string of the molecule is Cc1ccc(O)c2c1C1C=CCC1C(c1ccc3ccccc3c1)N2. The maximum absolute atomic E-state index is 10.5. The molecule has 3 aromatic carbocycles. The zero-order valence-electron chi connectivity index (χ0n) is 14.2. The zero-order chi connectivity index (χ0) is 17.0. The zero-order valence-corrected chi connectivity index (χ0v) is 14.2. The van der Waals surface area contributed by atoms with E-state index in [9.17, 15) is 5.11 Å². The van der Waals surface area contributed by atoms with Crippen LogP contribution in [0.3, 0.4) is 0 Å². The fraction of sp³-hybridized carbons (Fsp3) is 0.217. The lowest BCUT2D eigenvalue weighted by Gasteiger charge is -2.38. The summed E-state index contributed by atoms with van der Waals surface area (Å²) in [5.74, 6) is 1.22. The predicted octanol–water partition coefficient (Wildman–Crippen LogP) is 5.68. The molecule has 3 aromatic rings. The van der Waals surface area contributed by atoms with Crippen molar-refractivity contribution in [3.63, 3.8) is 0 Å². The first-order valence-corrected chi connectivity index (χ1v) is 8.97. The quantitative estimate of drug-likeness (QED) is 0.445. The third-order valence-electron chi connectivity index (χ3n) is 5.85. The van der Waals surface area contributed by atoms with Crippen molar-refractivity contribution >= 4 is 16.5 Å². The van der Waals surface area contributed by atoms with Gasteiger partial charge in [0.15, 0.2) is 0 Å². The van der Waals surface area contributed by atoms with Crippen LogP contribution in [0.5, 0.6) is 5.75 Å². The van der Waals surface area contributed by atoms with Gasteiger partial charge in [0.2, 0.25) is 0 Å². The van der Waals surface area contributed by atoms with Crippen LogP contribution in [0, 0.1) is 12.8 Å². The lowest BCUT2D eigenvalue weighted by molar-refractivity contribution is 0.414. The Labute approximate surface area is 147 Å². The van der Waals surface area contributed by atoms with Crippen LogP contribution in [0.4, 0.5) is 5.69 Å². The van der Waals surface area contributed by atoms with Gasteiger partial charge in [-0.15, -0.1) is 0 Å². The number of benzene rings is 3. The van der Waals surface area contributed by atoms with Crippen molar-refractivity contribution in [3.05, 3.63) is 83.4 Å². The summed E-state index contributed by atoms with van der Waals surface area (Å²) in [6, 6.07) is 19.2. The summed E-state index contributed by atoms with van der Waals surface area (Å²) in [4.78, 5) is 0. The number of hydrogen-bond donors (Lipinski definition) is 2. The fourth-order valence-corrected chi connectivity index (χ4v) is 4.61. The van der Waals surface area contributed by atoms with E-state index >= 15 is 0 Å². The lowest BCUT2D eigenvalue weighted by Crippen LogP contribution is -2.29. The molecule has 1 heterocycles. The Morgan fingerprint density at radius 3 is 2.72 bits per heavy atom. The molecule has 1 aliphatic heterocycles. The van der Waals surface area contributed by atoms with E-state index < -0.39 is 0 Å². The molecule has 0 radical (unpaired) electrons. The third-order valence-corrected chi connectivity index (χ3v) is 5.85. The van der Waals surface area contributed by atoms with Crippen molar-refractivity contribution in [2.24, 2.45) is 5.92 Å². The molecule has 0 aromatic heterocycles. The van der Waals surface area contributed by atoms with E-state index in [1.165, 1.54) is 27.5 Å². The van der Waals surface area contributed by atoms with Crippen LogP contribution < -0.4 is 5.32 Å². The summed E-state index contributed by atoms with van der Waals surface area (Å²) in [5.41, 5.74) is 4.71. The van der Waals surface area contributed by atoms with Crippen LogP contribution in [-0.4, -0.2) is 5.11 Å². The number of phenols is 1. The van der Waals surface area contributed by atoms with Gasteiger partial charge in [-0.25, -0.2) is 0 Å². The Morgan fingerprint density at radius 2 is 1.84 bits per heavy atom. The minimum atomic E-state index is 0.213. The number of rotatable bonds is 1. The molecule has 3 atom stereocenters. The molecule has 2 heteroatoms. The van der Waals surface area contributed by atoms with E-state index in [0.717, 1.165) is 12.1 Å². The van der Waals surface area contributed by atoms with Gasteiger partial charge in [0, 0.05) is 5.92 Å². The van der Waals surface area contributed by atoms with Crippen molar-refractivity contribution in [1.29, 1.82) is 0 Å². The highest BCUT2D eigenvalue weighted by atomic mass is 16.3. The summed E-state index contributed by atoms with van der Waals surface area (Å²) in [6.45, 7) is 2.14. The van der Waals surface area contributed by atoms with Crippen molar-refractivity contribution in [3.8, 4) is 5.75 Å². The van der Waals surface area contributed by atoms with E-state index in [1.807, 2.05) is 6.07 Å². The molecule has 0 saturated heterocycles. The van der Waals surface area contributed by atoms with Crippen LogP contribution in [0.1, 0.15) is 35.1 Å². The van der Waals surface area contributed by atoms with E-state index in [4.69, 9.17) is 0 Å². The summed E-state index contributed by atoms with van der Waals surface area (Å²) < 4.78 is 0. The Bertz CT molecular complexity index is 1000. The van der Waals surface area contributed by atoms with Gasteiger partial charge in [-0.3, -0.25) is 0 Å². The number of fused-ring (bicyclic) bond motifs is 4. The summed E-state index contributed by atoms with van der Waals surface area (Å²) in [6.07, 6.45) is 5.69. The number of hydrogen-bond acceptors (Lipinski definition) is 2. The van der Waals surface area contributed by atoms with E-state index in [-0.39, 0.29) is 6.04 Å². The molecule has 2 aliphatic rings. The normalized spacial score (nSPS) is 24.0. The topological polar surface area (TPSA) is 32.3 Å². The van der Waals surface area contributed by atoms with Crippen molar-refractivity contribution < 1.29 is 5.11 Å². The molecule has 0 saturated carbocycles. The highest BCUT2D eigenvalue weighted by Gasteiger charge is 2.39. The van der Waals surface area contributed by atoms with Gasteiger partial charge in [0.05, 0.1) is 11.7 Å². The number of aryl methyl sites for hydroxylation is 1. The summed E-state index contributed by atoms with van der Waals surface area (Å²) in [5, 5.41) is 16.7. The first-order chi connectivity index (χ1) is 12.2. The lowest BCUT2D eigenvalue weighted by atomic mass is 9.75. The minimum Gasteiger partial charge on any atom is -0.506 e. The molecule has 5 rings (SSSR count). The first kappa shape index (κ1) is 14.6. The molecular formula is C23H21NO. The van der Waals surface area contributed by atoms with Crippen molar-refractivity contribution in [2.75, 3.05) is 5.32 Å². The highest BCUT2D eigenvalue weighted by molar-refractivity contribution is 5.83. The van der Waals surface area contributed by atoms with E-state index in [2.05, 4.69) is 66.9 Å². The van der Waals surface area contributed by atoms with Crippen LogP contribution in [0.25, 0.3) is 10.8 Å². The molecule has 1 aliphatic carbocycles. The standard InChI is InChI=1S/C23H21NO/c1-14-9-12-20(25)23-21(14)18-7-4-8-19(18)22(24-23)17-11-10-15-5-2-3-6-16(15)13-17/h2-7,9-13,18-19,22,24-25H,8H2,1H3. The maximum Gasteiger partial charge on any atom is 0.139 e. The molecular weight excluding hydrogens is 306 g/mol. The monoisotopic (exact) mass is 327 g/mol. The number of anilines is 1. The van der Waals surface area contributed by atoms with Crippen LogP contribution in [0.15, 0.2) is 66.7 Å². The van der Waals surface area contributed by atoms with Gasteiger partial charge in [0.1, 0.15) is 5.75 Å². The first-order valence-electron chi connectivity index (χ1n) is 8.97. The molecule has 3 unspecified atom stereocenters. The molecule has 0 fully saturated rings. The minimum absolute atomic E-state index is 0.213. The predicted molar refractivity (Wildman–Crippen MR) is 103 cm³/mol. The number of nitrogens with one attached hydrogen (secondary N) is 1. The van der Waals surface area contributed by atoms with Crippen molar-refractivity contribution in [2.45, 2.75) is 25.3 Å². The van der Waals surface area contributed by atoms with Crippen LogP contribution in [-0.2, 0) is 0 Å². The molecule has 124 valence electrons. The molecule has 0 spiro atoms. The average molecular weight is 327 g/mol. The van der Waals surface area contributed by atoms with Gasteiger partial charge in [-0.05, 0) is 58.9 Å². The highest BCUT2D eigenvalue weighted by Crippen LogP contribution is 2.53. The average Bonchev–Trinajstić information content (AvgIpc) is 3.13. The molecule has 25 heavy (non-hydrogen) atoms. The Kier molecular flexibility index (Phi) is 3.14. The largest absolute Gasteiger partial charge is 0.506 e. The van der Waals surface area contributed by atoms with Crippen LogP contribution >= 0.6 is 0 Å². The van der Waals surface area contributed by atoms with E-state index in [0.29, 0.717) is 17.6 Å². The van der Waals surface area contributed by atoms with Gasteiger partial charge in [0.25, 0.3) is 0 Å². The Balaban J connectivity index is 1.65. The number of aromatic hydroxyl groups is 1. The van der Waals surface area contributed by atoms with Crippen molar-refractivity contribution in [1.82, 2.24) is 0 Å². The van der Waals surface area contributed by atoms with Crippen LogP contribution in [0.2, 0.25) is 0 Å². The second-order valence-electron chi connectivity index (χ2n) is 7.27. The number of phenolic OH excluding ortho intramolecular Hbond substituents is 1.